The van der Waals surface area contributed by atoms with Crippen LogP contribution in [0.15, 0.2) is 17.2 Å². The molecular formula is C16H28N4O. The van der Waals surface area contributed by atoms with E-state index in [0.29, 0.717) is 17.8 Å². The van der Waals surface area contributed by atoms with Crippen LogP contribution >= 0.6 is 0 Å². The van der Waals surface area contributed by atoms with Gasteiger partial charge in [-0.3, -0.25) is 4.79 Å². The summed E-state index contributed by atoms with van der Waals surface area (Å²) in [4.78, 5) is 18.9. The molecule has 2 rings (SSSR count). The topological polar surface area (TPSA) is 50.2 Å². The molecule has 0 bridgehead atoms. The molecule has 0 aromatic carbocycles. The highest BCUT2D eigenvalue weighted by molar-refractivity contribution is 5.36. The van der Waals surface area contributed by atoms with Crippen molar-refractivity contribution >= 4 is 5.82 Å². The largest absolute Gasteiger partial charge is 0.352 e. The van der Waals surface area contributed by atoms with E-state index in [9.17, 15) is 4.79 Å². The minimum Gasteiger partial charge on any atom is -0.352 e. The summed E-state index contributed by atoms with van der Waals surface area (Å²) in [6, 6.07) is 0.553. The average molecular weight is 292 g/mol. The van der Waals surface area contributed by atoms with Gasteiger partial charge in [-0.2, -0.15) is 0 Å². The SMILES string of the molecule is CCCn1ccnc(N2CCC(C(C)NCC)CC2)c1=O. The summed E-state index contributed by atoms with van der Waals surface area (Å²) in [6.45, 7) is 10.1. The van der Waals surface area contributed by atoms with Gasteiger partial charge in [-0.15, -0.1) is 0 Å². The number of aryl methyl sites for hydroxylation is 1. The van der Waals surface area contributed by atoms with E-state index in [1.807, 2.05) is 0 Å². The molecule has 1 fully saturated rings. The Kier molecular flexibility index (Phi) is 5.79. The smallest absolute Gasteiger partial charge is 0.293 e. The molecule has 118 valence electrons. The summed E-state index contributed by atoms with van der Waals surface area (Å²) in [6.07, 6.45) is 6.75. The number of aromatic nitrogens is 2. The Morgan fingerprint density at radius 1 is 1.38 bits per heavy atom. The van der Waals surface area contributed by atoms with Gasteiger partial charge in [-0.25, -0.2) is 4.98 Å². The third kappa shape index (κ3) is 3.84. The van der Waals surface area contributed by atoms with Crippen LogP contribution in [-0.4, -0.2) is 35.2 Å². The van der Waals surface area contributed by atoms with Gasteiger partial charge in [-0.1, -0.05) is 13.8 Å². The second-order valence-electron chi connectivity index (χ2n) is 5.92. The van der Waals surface area contributed by atoms with Crippen LogP contribution in [0.1, 0.15) is 40.0 Å². The Balaban J connectivity index is 2.02. The molecule has 1 aromatic heterocycles. The van der Waals surface area contributed by atoms with Crippen molar-refractivity contribution in [3.8, 4) is 0 Å². The van der Waals surface area contributed by atoms with Gasteiger partial charge in [0, 0.05) is 38.1 Å². The van der Waals surface area contributed by atoms with E-state index in [1.165, 1.54) is 0 Å². The predicted molar refractivity (Wildman–Crippen MR) is 86.9 cm³/mol. The van der Waals surface area contributed by atoms with E-state index >= 15 is 0 Å². The first-order chi connectivity index (χ1) is 10.2. The van der Waals surface area contributed by atoms with E-state index in [-0.39, 0.29) is 5.56 Å². The molecule has 0 amide bonds. The number of hydrogen-bond acceptors (Lipinski definition) is 4. The first-order valence-corrected chi connectivity index (χ1v) is 8.21. The van der Waals surface area contributed by atoms with Crippen molar-refractivity contribution in [1.29, 1.82) is 0 Å². The minimum atomic E-state index is 0.0533. The minimum absolute atomic E-state index is 0.0533. The number of rotatable bonds is 6. The highest BCUT2D eigenvalue weighted by atomic mass is 16.1. The molecule has 1 unspecified atom stereocenters. The quantitative estimate of drug-likeness (QED) is 0.869. The number of hydrogen-bond donors (Lipinski definition) is 1. The van der Waals surface area contributed by atoms with Crippen LogP contribution in [0.2, 0.25) is 0 Å². The zero-order valence-corrected chi connectivity index (χ0v) is 13.5. The lowest BCUT2D eigenvalue weighted by molar-refractivity contribution is 0.313. The van der Waals surface area contributed by atoms with Crippen molar-refractivity contribution in [2.24, 2.45) is 5.92 Å². The molecule has 1 N–H and O–H groups in total. The number of nitrogens with zero attached hydrogens (tertiary/aromatic N) is 3. The van der Waals surface area contributed by atoms with Crippen LogP contribution in [0.4, 0.5) is 5.82 Å². The zero-order valence-electron chi connectivity index (χ0n) is 13.5. The van der Waals surface area contributed by atoms with Crippen LogP contribution < -0.4 is 15.8 Å². The van der Waals surface area contributed by atoms with Gasteiger partial charge in [0.1, 0.15) is 0 Å². The van der Waals surface area contributed by atoms with Gasteiger partial charge >= 0.3 is 0 Å². The molecule has 0 spiro atoms. The van der Waals surface area contributed by atoms with E-state index in [1.54, 1.807) is 17.0 Å². The van der Waals surface area contributed by atoms with Gasteiger partial charge < -0.3 is 14.8 Å². The van der Waals surface area contributed by atoms with Crippen molar-refractivity contribution in [2.75, 3.05) is 24.5 Å². The van der Waals surface area contributed by atoms with Crippen molar-refractivity contribution < 1.29 is 0 Å². The fourth-order valence-corrected chi connectivity index (χ4v) is 3.17. The second-order valence-corrected chi connectivity index (χ2v) is 5.92. The fraction of sp³-hybridized carbons (Fsp3) is 0.750. The van der Waals surface area contributed by atoms with Crippen molar-refractivity contribution in [3.63, 3.8) is 0 Å². The van der Waals surface area contributed by atoms with Gasteiger partial charge in [0.25, 0.3) is 5.56 Å². The summed E-state index contributed by atoms with van der Waals surface area (Å²) >= 11 is 0. The normalized spacial score (nSPS) is 18.0. The molecule has 21 heavy (non-hydrogen) atoms. The highest BCUT2D eigenvalue weighted by Gasteiger charge is 2.25. The predicted octanol–water partition coefficient (Wildman–Crippen LogP) is 1.87. The van der Waals surface area contributed by atoms with Crippen molar-refractivity contribution in [2.45, 2.75) is 52.6 Å². The second kappa shape index (κ2) is 7.59. The first-order valence-electron chi connectivity index (χ1n) is 8.21. The number of nitrogens with one attached hydrogen (secondary N) is 1. The molecule has 1 aliphatic rings. The molecule has 1 atom stereocenters. The van der Waals surface area contributed by atoms with Gasteiger partial charge in [0.2, 0.25) is 0 Å². The van der Waals surface area contributed by atoms with Crippen LogP contribution in [0.5, 0.6) is 0 Å². The molecule has 0 aliphatic carbocycles. The third-order valence-corrected chi connectivity index (χ3v) is 4.43. The first kappa shape index (κ1) is 16.0. The zero-order chi connectivity index (χ0) is 15.2. The lowest BCUT2D eigenvalue weighted by atomic mass is 9.90. The highest BCUT2D eigenvalue weighted by Crippen LogP contribution is 2.22. The summed E-state index contributed by atoms with van der Waals surface area (Å²) in [7, 11) is 0. The Bertz CT molecular complexity index is 491. The number of piperidine rings is 1. The maximum absolute atomic E-state index is 12.4. The average Bonchev–Trinajstić information content (AvgIpc) is 2.50. The maximum atomic E-state index is 12.4. The third-order valence-electron chi connectivity index (χ3n) is 4.43. The van der Waals surface area contributed by atoms with Gasteiger partial charge in [0.05, 0.1) is 0 Å². The van der Waals surface area contributed by atoms with Crippen LogP contribution in [-0.2, 0) is 6.54 Å². The van der Waals surface area contributed by atoms with Crippen LogP contribution in [0, 0.1) is 5.92 Å². The molecule has 0 saturated carbocycles. The fourth-order valence-electron chi connectivity index (χ4n) is 3.17. The molecule has 5 nitrogen and oxygen atoms in total. The summed E-state index contributed by atoms with van der Waals surface area (Å²) < 4.78 is 1.77. The molecule has 1 saturated heterocycles. The Hall–Kier alpha value is -1.36. The molecule has 0 radical (unpaired) electrons. The van der Waals surface area contributed by atoms with E-state index in [4.69, 9.17) is 0 Å². The van der Waals surface area contributed by atoms with Crippen LogP contribution in [0.3, 0.4) is 0 Å². The van der Waals surface area contributed by atoms with Gasteiger partial charge in [-0.05, 0) is 38.6 Å². The Labute approximate surface area is 127 Å². The number of anilines is 1. The standard InChI is InChI=1S/C16H28N4O/c1-4-9-20-12-8-18-15(16(20)21)19-10-6-14(7-11-19)13(3)17-5-2/h8,12-14,17H,4-7,9-11H2,1-3H3. The van der Waals surface area contributed by atoms with Crippen molar-refractivity contribution in [1.82, 2.24) is 14.9 Å². The summed E-state index contributed by atoms with van der Waals surface area (Å²) in [5, 5.41) is 3.51. The summed E-state index contributed by atoms with van der Waals surface area (Å²) in [5.41, 5.74) is 0.0533. The van der Waals surface area contributed by atoms with E-state index < -0.39 is 0 Å². The van der Waals surface area contributed by atoms with E-state index in [2.05, 4.69) is 36.0 Å². The lowest BCUT2D eigenvalue weighted by Crippen LogP contribution is -2.44. The molecule has 1 aromatic rings. The Morgan fingerprint density at radius 2 is 2.10 bits per heavy atom. The van der Waals surface area contributed by atoms with Gasteiger partial charge in [0.15, 0.2) is 5.82 Å². The maximum Gasteiger partial charge on any atom is 0.293 e. The lowest BCUT2D eigenvalue weighted by Gasteiger charge is -2.35. The van der Waals surface area contributed by atoms with E-state index in [0.717, 1.165) is 45.4 Å². The monoisotopic (exact) mass is 292 g/mol. The molecule has 2 heterocycles. The molecule has 1 aliphatic heterocycles. The van der Waals surface area contributed by atoms with Crippen molar-refractivity contribution in [3.05, 3.63) is 22.7 Å². The molecule has 5 heteroatoms. The Morgan fingerprint density at radius 3 is 2.71 bits per heavy atom. The van der Waals surface area contributed by atoms with Crippen LogP contribution in [0.25, 0.3) is 0 Å². The molecular weight excluding hydrogens is 264 g/mol. The summed E-state index contributed by atoms with van der Waals surface area (Å²) in [5.74, 6) is 1.32.